The highest BCUT2D eigenvalue weighted by molar-refractivity contribution is 5.92. The summed E-state index contributed by atoms with van der Waals surface area (Å²) >= 11 is 0. The predicted octanol–water partition coefficient (Wildman–Crippen LogP) is 4.06. The molecular weight excluding hydrogens is 282 g/mol. The Morgan fingerprint density at radius 1 is 1.00 bits per heavy atom. The van der Waals surface area contributed by atoms with Crippen molar-refractivity contribution in [3.05, 3.63) is 71.4 Å². The first-order valence-electron chi connectivity index (χ1n) is 7.97. The molecule has 0 bridgehead atoms. The minimum Gasteiger partial charge on any atom is -0.367 e. The van der Waals surface area contributed by atoms with Gasteiger partial charge in [-0.05, 0) is 36.1 Å². The third kappa shape index (κ3) is 2.53. The van der Waals surface area contributed by atoms with Gasteiger partial charge in [0, 0.05) is 24.2 Å². The first-order valence-corrected chi connectivity index (χ1v) is 7.97. The highest BCUT2D eigenvalue weighted by Crippen LogP contribution is 2.30. The van der Waals surface area contributed by atoms with E-state index in [4.69, 9.17) is 0 Å². The van der Waals surface area contributed by atoms with Crippen molar-refractivity contribution in [1.82, 2.24) is 4.98 Å². The van der Waals surface area contributed by atoms with E-state index < -0.39 is 0 Å². The number of aromatic nitrogens is 1. The lowest BCUT2D eigenvalue weighted by atomic mass is 10.0. The largest absolute Gasteiger partial charge is 0.367 e. The molecule has 0 saturated carbocycles. The Bertz CT molecular complexity index is 908. The lowest BCUT2D eigenvalue weighted by molar-refractivity contribution is 0.768. The molecule has 23 heavy (non-hydrogen) atoms. The summed E-state index contributed by atoms with van der Waals surface area (Å²) < 4.78 is 0. The van der Waals surface area contributed by atoms with Crippen molar-refractivity contribution >= 4 is 16.6 Å². The van der Waals surface area contributed by atoms with Crippen LogP contribution >= 0.6 is 0 Å². The van der Waals surface area contributed by atoms with Gasteiger partial charge in [0.05, 0.1) is 5.52 Å². The molecule has 1 aliphatic rings. The lowest BCUT2D eigenvalue weighted by Crippen LogP contribution is -2.23. The van der Waals surface area contributed by atoms with E-state index in [-0.39, 0.29) is 0 Å². The van der Waals surface area contributed by atoms with E-state index in [9.17, 15) is 5.26 Å². The number of fused-ring (bicyclic) bond motifs is 2. The first-order chi connectivity index (χ1) is 11.3. The van der Waals surface area contributed by atoms with E-state index in [1.54, 1.807) is 0 Å². The Labute approximate surface area is 135 Å². The predicted molar refractivity (Wildman–Crippen MR) is 92.3 cm³/mol. The van der Waals surface area contributed by atoms with Crippen LogP contribution in [0.4, 0.5) is 5.69 Å². The molecule has 0 unspecified atom stereocenters. The molecule has 0 amide bonds. The number of rotatable bonds is 1. The summed E-state index contributed by atoms with van der Waals surface area (Å²) in [6.45, 7) is 1.88. The zero-order valence-corrected chi connectivity index (χ0v) is 12.9. The Morgan fingerprint density at radius 3 is 2.65 bits per heavy atom. The number of nitriles is 1. The molecule has 3 nitrogen and oxygen atoms in total. The molecule has 0 spiro atoms. The summed E-state index contributed by atoms with van der Waals surface area (Å²) in [5.74, 6) is 0. The minimum atomic E-state index is 0.483. The maximum absolute atomic E-state index is 9.30. The quantitative estimate of drug-likeness (QED) is 0.680. The Morgan fingerprint density at radius 2 is 1.78 bits per heavy atom. The number of nitrogens with zero attached hydrogens (tertiary/aromatic N) is 3. The zero-order chi connectivity index (χ0) is 15.6. The number of hydrogen-bond acceptors (Lipinski definition) is 3. The zero-order valence-electron chi connectivity index (χ0n) is 12.9. The SMILES string of the molecule is N#Cc1cc(N2CCCc3ccccc3C2)c2ccccc2n1. The summed E-state index contributed by atoms with van der Waals surface area (Å²) in [5, 5.41) is 10.4. The van der Waals surface area contributed by atoms with Gasteiger partial charge < -0.3 is 4.90 Å². The van der Waals surface area contributed by atoms with Gasteiger partial charge in [0.15, 0.2) is 0 Å². The van der Waals surface area contributed by atoms with Crippen LogP contribution in [0.2, 0.25) is 0 Å². The molecule has 0 fully saturated rings. The normalized spacial score (nSPS) is 14.1. The summed E-state index contributed by atoms with van der Waals surface area (Å²) in [6, 6.07) is 20.9. The van der Waals surface area contributed by atoms with Gasteiger partial charge in [-0.25, -0.2) is 4.98 Å². The highest BCUT2D eigenvalue weighted by Gasteiger charge is 2.17. The molecule has 1 aromatic heterocycles. The van der Waals surface area contributed by atoms with E-state index in [0.717, 1.165) is 42.5 Å². The molecule has 0 saturated heterocycles. The Kier molecular flexibility index (Phi) is 3.44. The monoisotopic (exact) mass is 299 g/mol. The van der Waals surface area contributed by atoms with Gasteiger partial charge in [-0.3, -0.25) is 0 Å². The first kappa shape index (κ1) is 13.8. The fraction of sp³-hybridized carbons (Fsp3) is 0.200. The van der Waals surface area contributed by atoms with Gasteiger partial charge >= 0.3 is 0 Å². The number of benzene rings is 2. The maximum Gasteiger partial charge on any atom is 0.143 e. The molecule has 2 heterocycles. The summed E-state index contributed by atoms with van der Waals surface area (Å²) in [5.41, 5.74) is 5.30. The molecule has 0 radical (unpaired) electrons. The second-order valence-corrected chi connectivity index (χ2v) is 5.95. The molecule has 2 aromatic carbocycles. The van der Waals surface area contributed by atoms with Crippen molar-refractivity contribution in [3.8, 4) is 6.07 Å². The van der Waals surface area contributed by atoms with Crippen molar-refractivity contribution in [3.63, 3.8) is 0 Å². The average Bonchev–Trinajstić information content (AvgIpc) is 2.83. The van der Waals surface area contributed by atoms with E-state index in [0.29, 0.717) is 5.69 Å². The van der Waals surface area contributed by atoms with Crippen molar-refractivity contribution in [2.45, 2.75) is 19.4 Å². The summed E-state index contributed by atoms with van der Waals surface area (Å²) in [4.78, 5) is 6.81. The van der Waals surface area contributed by atoms with Gasteiger partial charge in [0.25, 0.3) is 0 Å². The maximum atomic E-state index is 9.30. The van der Waals surface area contributed by atoms with Crippen LogP contribution in [0.5, 0.6) is 0 Å². The van der Waals surface area contributed by atoms with Crippen LogP contribution in [0, 0.1) is 11.3 Å². The fourth-order valence-corrected chi connectivity index (χ4v) is 3.38. The van der Waals surface area contributed by atoms with Gasteiger partial charge in [-0.2, -0.15) is 5.26 Å². The van der Waals surface area contributed by atoms with Crippen LogP contribution in [0.1, 0.15) is 23.2 Å². The van der Waals surface area contributed by atoms with E-state index >= 15 is 0 Å². The average molecular weight is 299 g/mol. The van der Waals surface area contributed by atoms with Crippen LogP contribution < -0.4 is 4.90 Å². The second-order valence-electron chi connectivity index (χ2n) is 5.95. The van der Waals surface area contributed by atoms with Crippen LogP contribution in [0.3, 0.4) is 0 Å². The summed E-state index contributed by atoms with van der Waals surface area (Å²) in [7, 11) is 0. The molecule has 3 heteroatoms. The Hall–Kier alpha value is -2.86. The van der Waals surface area contributed by atoms with E-state index in [2.05, 4.69) is 46.3 Å². The van der Waals surface area contributed by atoms with Crippen LogP contribution in [0.15, 0.2) is 54.6 Å². The van der Waals surface area contributed by atoms with E-state index in [1.807, 2.05) is 24.3 Å². The number of para-hydroxylation sites is 1. The number of pyridine rings is 1. The molecular formula is C20H17N3. The third-order valence-corrected chi connectivity index (χ3v) is 4.50. The van der Waals surface area contributed by atoms with Crippen molar-refractivity contribution < 1.29 is 0 Å². The smallest absolute Gasteiger partial charge is 0.143 e. The molecule has 0 aliphatic carbocycles. The highest BCUT2D eigenvalue weighted by atomic mass is 15.1. The molecule has 1 aliphatic heterocycles. The third-order valence-electron chi connectivity index (χ3n) is 4.50. The van der Waals surface area contributed by atoms with Crippen molar-refractivity contribution in [2.75, 3.05) is 11.4 Å². The standard InChI is InChI=1S/C20H17N3/c21-13-17-12-20(18-9-3-4-10-19(18)22-17)23-11-5-8-15-6-1-2-7-16(15)14-23/h1-4,6-7,9-10,12H,5,8,11,14H2. The molecule has 3 aromatic rings. The molecule has 112 valence electrons. The minimum absolute atomic E-state index is 0.483. The van der Waals surface area contributed by atoms with Gasteiger partial charge in [-0.1, -0.05) is 42.5 Å². The van der Waals surface area contributed by atoms with Crippen LogP contribution in [-0.4, -0.2) is 11.5 Å². The second kappa shape index (κ2) is 5.73. The topological polar surface area (TPSA) is 39.9 Å². The lowest BCUT2D eigenvalue weighted by Gasteiger charge is -2.25. The fourth-order valence-electron chi connectivity index (χ4n) is 3.38. The number of anilines is 1. The van der Waals surface area contributed by atoms with Gasteiger partial charge in [-0.15, -0.1) is 0 Å². The van der Waals surface area contributed by atoms with Crippen molar-refractivity contribution in [1.29, 1.82) is 5.26 Å². The van der Waals surface area contributed by atoms with Crippen LogP contribution in [0.25, 0.3) is 10.9 Å². The molecule has 0 atom stereocenters. The van der Waals surface area contributed by atoms with E-state index in [1.165, 1.54) is 11.1 Å². The summed E-state index contributed by atoms with van der Waals surface area (Å²) in [6.07, 6.45) is 2.23. The molecule has 4 rings (SSSR count). The number of aryl methyl sites for hydroxylation is 1. The van der Waals surface area contributed by atoms with Crippen molar-refractivity contribution in [2.24, 2.45) is 0 Å². The van der Waals surface area contributed by atoms with Crippen LogP contribution in [-0.2, 0) is 13.0 Å². The number of hydrogen-bond donors (Lipinski definition) is 0. The Balaban J connectivity index is 1.84. The van der Waals surface area contributed by atoms with Gasteiger partial charge in [0.2, 0.25) is 0 Å². The molecule has 0 N–H and O–H groups in total. The van der Waals surface area contributed by atoms with Gasteiger partial charge in [0.1, 0.15) is 11.8 Å².